The van der Waals surface area contributed by atoms with Crippen LogP contribution >= 0.6 is 0 Å². The van der Waals surface area contributed by atoms with Crippen molar-refractivity contribution < 1.29 is 9.53 Å². The second-order valence-electron chi connectivity index (χ2n) is 7.82. The van der Waals surface area contributed by atoms with Gasteiger partial charge < -0.3 is 20.3 Å². The Labute approximate surface area is 171 Å². The van der Waals surface area contributed by atoms with Gasteiger partial charge in [0.05, 0.1) is 0 Å². The summed E-state index contributed by atoms with van der Waals surface area (Å²) in [6, 6.07) is 9.70. The number of ether oxygens (including phenoxy) is 1. The van der Waals surface area contributed by atoms with E-state index in [9.17, 15) is 4.79 Å². The van der Waals surface area contributed by atoms with Crippen LogP contribution < -0.4 is 15.5 Å². The first kappa shape index (κ1) is 19.6. The highest BCUT2D eigenvalue weighted by Crippen LogP contribution is 2.23. The lowest BCUT2D eigenvalue weighted by Gasteiger charge is -2.27. The van der Waals surface area contributed by atoms with Crippen LogP contribution in [-0.4, -0.2) is 42.2 Å². The summed E-state index contributed by atoms with van der Waals surface area (Å²) < 4.78 is 5.33. The third-order valence-electron chi connectivity index (χ3n) is 5.50. The van der Waals surface area contributed by atoms with Crippen LogP contribution in [0, 0.1) is 12.8 Å². The topological polar surface area (TPSA) is 79.4 Å². The molecule has 1 amide bonds. The highest BCUT2D eigenvalue weighted by Gasteiger charge is 2.21. The zero-order chi connectivity index (χ0) is 20.1. The number of hydrogen-bond acceptors (Lipinski definition) is 6. The Bertz CT molecular complexity index is 828. The third-order valence-corrected chi connectivity index (χ3v) is 5.50. The smallest absolute Gasteiger partial charge is 0.227 e. The van der Waals surface area contributed by atoms with Crippen molar-refractivity contribution in [3.63, 3.8) is 0 Å². The predicted molar refractivity (Wildman–Crippen MR) is 115 cm³/mol. The summed E-state index contributed by atoms with van der Waals surface area (Å²) in [7, 11) is 0. The van der Waals surface area contributed by atoms with E-state index in [2.05, 4.69) is 20.5 Å². The Morgan fingerprint density at radius 1 is 1.03 bits per heavy atom. The van der Waals surface area contributed by atoms with Gasteiger partial charge in [-0.15, -0.1) is 0 Å². The first-order valence-corrected chi connectivity index (χ1v) is 10.5. The van der Waals surface area contributed by atoms with E-state index in [-0.39, 0.29) is 11.8 Å². The van der Waals surface area contributed by atoms with E-state index in [0.29, 0.717) is 13.2 Å². The van der Waals surface area contributed by atoms with Gasteiger partial charge in [0.2, 0.25) is 11.9 Å². The zero-order valence-corrected chi connectivity index (χ0v) is 17.0. The number of carbonyl (C=O) groups excluding carboxylic acids is 1. The fourth-order valence-electron chi connectivity index (χ4n) is 3.84. The molecule has 0 unspecified atom stereocenters. The van der Waals surface area contributed by atoms with Gasteiger partial charge in [0.25, 0.3) is 0 Å². The normalized spacial score (nSPS) is 17.8. The molecule has 1 aromatic carbocycles. The van der Waals surface area contributed by atoms with Crippen LogP contribution in [0.15, 0.2) is 30.3 Å². The first-order chi connectivity index (χ1) is 14.2. The number of rotatable bonds is 5. The maximum atomic E-state index is 12.4. The van der Waals surface area contributed by atoms with Gasteiger partial charge in [-0.3, -0.25) is 4.79 Å². The van der Waals surface area contributed by atoms with Crippen molar-refractivity contribution >= 4 is 29.0 Å². The number of nitrogens with one attached hydrogen (secondary N) is 2. The van der Waals surface area contributed by atoms with E-state index in [1.165, 1.54) is 19.3 Å². The molecule has 0 radical (unpaired) electrons. The Morgan fingerprint density at radius 3 is 2.45 bits per heavy atom. The number of carbonyl (C=O) groups is 1. The molecule has 2 N–H and O–H groups in total. The number of nitrogens with zero attached hydrogens (tertiary/aromatic N) is 3. The van der Waals surface area contributed by atoms with Crippen LogP contribution in [0.4, 0.5) is 23.1 Å². The van der Waals surface area contributed by atoms with Crippen LogP contribution in [0.2, 0.25) is 0 Å². The SMILES string of the molecule is Cc1cc(Nc2ccc(NC(=O)C3CCOCC3)cc2)nc(N2CCCCC2)n1. The second kappa shape index (κ2) is 9.22. The van der Waals surface area contributed by atoms with E-state index >= 15 is 0 Å². The quantitative estimate of drug-likeness (QED) is 0.800. The minimum atomic E-state index is 0.0405. The fraction of sp³-hybridized carbons (Fsp3) is 0.500. The zero-order valence-electron chi connectivity index (χ0n) is 17.0. The fourth-order valence-corrected chi connectivity index (χ4v) is 3.84. The van der Waals surface area contributed by atoms with E-state index in [0.717, 1.165) is 54.8 Å². The molecular formula is C22H29N5O2. The minimum absolute atomic E-state index is 0.0405. The summed E-state index contributed by atoms with van der Waals surface area (Å²) in [5, 5.41) is 6.37. The largest absolute Gasteiger partial charge is 0.381 e. The summed E-state index contributed by atoms with van der Waals surface area (Å²) in [4.78, 5) is 23.9. The molecule has 2 aliphatic heterocycles. The maximum Gasteiger partial charge on any atom is 0.227 e. The van der Waals surface area contributed by atoms with Crippen molar-refractivity contribution in [2.45, 2.75) is 39.0 Å². The molecule has 4 rings (SSSR count). The van der Waals surface area contributed by atoms with Gasteiger partial charge >= 0.3 is 0 Å². The van der Waals surface area contributed by atoms with Gasteiger partial charge in [-0.25, -0.2) is 4.98 Å². The Balaban J connectivity index is 1.39. The number of anilines is 4. The highest BCUT2D eigenvalue weighted by molar-refractivity contribution is 5.92. The molecule has 3 heterocycles. The van der Waals surface area contributed by atoms with Crippen LogP contribution in [0.25, 0.3) is 0 Å². The summed E-state index contributed by atoms with van der Waals surface area (Å²) in [6.45, 7) is 5.36. The van der Waals surface area contributed by atoms with Crippen LogP contribution in [0.3, 0.4) is 0 Å². The molecule has 0 bridgehead atoms. The van der Waals surface area contributed by atoms with E-state index in [4.69, 9.17) is 9.72 Å². The lowest BCUT2D eigenvalue weighted by atomic mass is 9.99. The summed E-state index contributed by atoms with van der Waals surface area (Å²) >= 11 is 0. The monoisotopic (exact) mass is 395 g/mol. The van der Waals surface area contributed by atoms with Crippen molar-refractivity contribution in [2.75, 3.05) is 41.8 Å². The molecule has 7 nitrogen and oxygen atoms in total. The van der Waals surface area contributed by atoms with Gasteiger partial charge in [0.15, 0.2) is 0 Å². The van der Waals surface area contributed by atoms with Gasteiger partial charge in [0, 0.05) is 55.4 Å². The van der Waals surface area contributed by atoms with Gasteiger partial charge in [-0.05, 0) is 63.3 Å². The second-order valence-corrected chi connectivity index (χ2v) is 7.82. The molecule has 7 heteroatoms. The Kier molecular flexibility index (Phi) is 6.24. The lowest BCUT2D eigenvalue weighted by molar-refractivity contribution is -0.122. The van der Waals surface area contributed by atoms with Crippen molar-refractivity contribution in [1.29, 1.82) is 0 Å². The summed E-state index contributed by atoms with van der Waals surface area (Å²) in [6.07, 6.45) is 5.25. The number of hydrogen-bond donors (Lipinski definition) is 2. The van der Waals surface area contributed by atoms with Crippen LogP contribution in [0.5, 0.6) is 0 Å². The number of benzene rings is 1. The van der Waals surface area contributed by atoms with Crippen LogP contribution in [-0.2, 0) is 9.53 Å². The van der Waals surface area contributed by atoms with E-state index in [1.807, 2.05) is 37.3 Å². The Hall–Kier alpha value is -2.67. The molecule has 1 aromatic heterocycles. The Morgan fingerprint density at radius 2 is 1.72 bits per heavy atom. The molecule has 2 saturated heterocycles. The maximum absolute atomic E-state index is 12.4. The summed E-state index contributed by atoms with van der Waals surface area (Å²) in [5.41, 5.74) is 2.68. The molecule has 2 aromatic rings. The molecule has 0 atom stereocenters. The lowest BCUT2D eigenvalue weighted by Crippen LogP contribution is -2.31. The number of piperidine rings is 1. The first-order valence-electron chi connectivity index (χ1n) is 10.5. The molecule has 154 valence electrons. The molecule has 2 aliphatic rings. The van der Waals surface area contributed by atoms with Crippen molar-refractivity contribution in [1.82, 2.24) is 9.97 Å². The third kappa shape index (κ3) is 5.23. The molecule has 29 heavy (non-hydrogen) atoms. The van der Waals surface area contributed by atoms with Crippen molar-refractivity contribution in [2.24, 2.45) is 5.92 Å². The molecule has 2 fully saturated rings. The van der Waals surface area contributed by atoms with Crippen molar-refractivity contribution in [3.8, 4) is 0 Å². The average molecular weight is 396 g/mol. The number of aryl methyl sites for hydroxylation is 1. The molecular weight excluding hydrogens is 366 g/mol. The van der Waals surface area contributed by atoms with Gasteiger partial charge in [0.1, 0.15) is 5.82 Å². The highest BCUT2D eigenvalue weighted by atomic mass is 16.5. The van der Waals surface area contributed by atoms with Gasteiger partial charge in [-0.1, -0.05) is 0 Å². The van der Waals surface area contributed by atoms with Crippen LogP contribution in [0.1, 0.15) is 37.8 Å². The minimum Gasteiger partial charge on any atom is -0.381 e. The van der Waals surface area contributed by atoms with Gasteiger partial charge in [-0.2, -0.15) is 4.98 Å². The molecule has 0 aliphatic carbocycles. The predicted octanol–water partition coefficient (Wildman–Crippen LogP) is 3.88. The summed E-state index contributed by atoms with van der Waals surface area (Å²) in [5.74, 6) is 1.70. The molecule has 0 saturated carbocycles. The standard InChI is InChI=1S/C22H29N5O2/c1-16-15-20(26-22(23-16)27-11-3-2-4-12-27)24-18-5-7-19(8-6-18)25-21(28)17-9-13-29-14-10-17/h5-8,15,17H,2-4,9-14H2,1H3,(H,25,28)(H,23,24,26). The van der Waals surface area contributed by atoms with Crippen molar-refractivity contribution in [3.05, 3.63) is 36.0 Å². The van der Waals surface area contributed by atoms with E-state index in [1.54, 1.807) is 0 Å². The van der Waals surface area contributed by atoms with E-state index < -0.39 is 0 Å². The number of amides is 1. The average Bonchev–Trinajstić information content (AvgIpc) is 2.76. The number of aromatic nitrogens is 2. The molecule has 0 spiro atoms.